The number of imidazole rings is 1. The first-order valence-electron chi connectivity index (χ1n) is 14.9. The van der Waals surface area contributed by atoms with Crippen LogP contribution in [0.2, 0.25) is 0 Å². The maximum atomic E-state index is 13.5. The average molecular weight is 653 g/mol. The molecule has 0 saturated heterocycles. The SMILES string of the molecule is O=C(CCCC(=O)NC(CO)(CO)CO)NC(=O)[C@H](Cc1c[nH]cn1)NC(=O)[C@H](Cc1ccccc1)NC(=O)OCc1ccccc1. The molecule has 0 spiro atoms. The normalized spacial score (nSPS) is 12.3. The van der Waals surface area contributed by atoms with Crippen LogP contribution in [-0.4, -0.2) is 92.5 Å². The van der Waals surface area contributed by atoms with E-state index in [9.17, 15) is 39.3 Å². The van der Waals surface area contributed by atoms with Gasteiger partial charge in [0.25, 0.3) is 0 Å². The zero-order valence-electron chi connectivity index (χ0n) is 25.7. The lowest BCUT2D eigenvalue weighted by Crippen LogP contribution is -2.57. The van der Waals surface area contributed by atoms with Crippen LogP contribution in [0.5, 0.6) is 0 Å². The smallest absolute Gasteiger partial charge is 0.408 e. The number of imide groups is 1. The maximum Gasteiger partial charge on any atom is 0.408 e. The summed E-state index contributed by atoms with van der Waals surface area (Å²) in [7, 11) is 0. The highest BCUT2D eigenvalue weighted by Crippen LogP contribution is 2.08. The first kappa shape index (κ1) is 36.3. The number of nitrogens with one attached hydrogen (secondary N) is 5. The van der Waals surface area contributed by atoms with Crippen LogP contribution in [0, 0.1) is 0 Å². The van der Waals surface area contributed by atoms with Gasteiger partial charge in [-0.15, -0.1) is 0 Å². The van der Waals surface area contributed by atoms with Gasteiger partial charge in [-0.1, -0.05) is 60.7 Å². The maximum absolute atomic E-state index is 13.5. The molecule has 1 heterocycles. The molecule has 0 fully saturated rings. The Morgan fingerprint density at radius 3 is 1.96 bits per heavy atom. The molecular formula is C32H40N6O9. The number of nitrogens with zero attached hydrogens (tertiary/aromatic N) is 1. The van der Waals surface area contributed by atoms with E-state index in [2.05, 4.69) is 31.2 Å². The van der Waals surface area contributed by atoms with E-state index in [1.165, 1.54) is 12.5 Å². The Kier molecular flexibility index (Phi) is 14.5. The zero-order valence-corrected chi connectivity index (χ0v) is 25.7. The molecule has 0 aliphatic rings. The van der Waals surface area contributed by atoms with Crippen LogP contribution < -0.4 is 21.3 Å². The molecule has 5 amide bonds. The number of aliphatic hydroxyl groups excluding tert-OH is 3. The quantitative estimate of drug-likeness (QED) is 0.0887. The van der Waals surface area contributed by atoms with Crippen molar-refractivity contribution >= 4 is 29.7 Å². The van der Waals surface area contributed by atoms with Crippen LogP contribution in [0.15, 0.2) is 73.2 Å². The Labute approximate surface area is 271 Å². The topological polar surface area (TPSA) is 232 Å². The molecule has 0 bridgehead atoms. The summed E-state index contributed by atoms with van der Waals surface area (Å²) in [5, 5.41) is 37.8. The molecule has 252 valence electrons. The Morgan fingerprint density at radius 1 is 0.766 bits per heavy atom. The van der Waals surface area contributed by atoms with Crippen LogP contribution >= 0.6 is 0 Å². The first-order valence-corrected chi connectivity index (χ1v) is 14.9. The zero-order chi connectivity index (χ0) is 34.1. The van der Waals surface area contributed by atoms with Gasteiger partial charge in [0, 0.05) is 31.9 Å². The van der Waals surface area contributed by atoms with Crippen molar-refractivity contribution in [3.8, 4) is 0 Å². The molecule has 47 heavy (non-hydrogen) atoms. The monoisotopic (exact) mass is 652 g/mol. The number of hydrogen-bond donors (Lipinski definition) is 8. The van der Waals surface area contributed by atoms with E-state index in [1.54, 1.807) is 54.6 Å². The van der Waals surface area contributed by atoms with Gasteiger partial charge in [-0.2, -0.15) is 0 Å². The molecule has 15 nitrogen and oxygen atoms in total. The fraction of sp³-hybridized carbons (Fsp3) is 0.375. The highest BCUT2D eigenvalue weighted by atomic mass is 16.5. The summed E-state index contributed by atoms with van der Waals surface area (Å²) < 4.78 is 5.30. The number of amides is 5. The summed E-state index contributed by atoms with van der Waals surface area (Å²) in [6.45, 7) is -2.10. The predicted octanol–water partition coefficient (Wildman–Crippen LogP) is -0.380. The van der Waals surface area contributed by atoms with Crippen molar-refractivity contribution in [2.45, 2.75) is 56.3 Å². The van der Waals surface area contributed by atoms with Gasteiger partial charge in [-0.05, 0) is 17.5 Å². The third kappa shape index (κ3) is 12.3. The number of carbonyl (C=O) groups is 5. The molecule has 0 saturated carbocycles. The minimum absolute atomic E-state index is 0.00780. The van der Waals surface area contributed by atoms with Crippen LogP contribution in [-0.2, 0) is 43.4 Å². The number of benzene rings is 2. The van der Waals surface area contributed by atoms with E-state index < -0.39 is 67.2 Å². The van der Waals surface area contributed by atoms with E-state index in [4.69, 9.17) is 4.74 Å². The van der Waals surface area contributed by atoms with E-state index in [0.717, 1.165) is 11.1 Å². The van der Waals surface area contributed by atoms with Crippen molar-refractivity contribution in [2.75, 3.05) is 19.8 Å². The average Bonchev–Trinajstić information content (AvgIpc) is 3.60. The molecule has 3 rings (SSSR count). The number of aromatic amines is 1. The van der Waals surface area contributed by atoms with Crippen molar-refractivity contribution in [3.63, 3.8) is 0 Å². The molecule has 2 atom stereocenters. The van der Waals surface area contributed by atoms with E-state index in [1.807, 2.05) is 6.07 Å². The van der Waals surface area contributed by atoms with Gasteiger partial charge in [0.05, 0.1) is 31.8 Å². The number of aliphatic hydroxyl groups is 3. The number of hydrogen-bond acceptors (Lipinski definition) is 10. The second-order valence-corrected chi connectivity index (χ2v) is 10.8. The summed E-state index contributed by atoms with van der Waals surface area (Å²) in [6, 6.07) is 15.5. The summed E-state index contributed by atoms with van der Waals surface area (Å²) in [6.07, 6.45) is 1.65. The van der Waals surface area contributed by atoms with Crippen LogP contribution in [0.3, 0.4) is 0 Å². The van der Waals surface area contributed by atoms with E-state index in [-0.39, 0.29) is 38.7 Å². The predicted molar refractivity (Wildman–Crippen MR) is 167 cm³/mol. The lowest BCUT2D eigenvalue weighted by molar-refractivity contribution is -0.134. The molecule has 2 aromatic carbocycles. The summed E-state index contributed by atoms with van der Waals surface area (Å²) in [5.74, 6) is -2.87. The van der Waals surface area contributed by atoms with Gasteiger partial charge in [0.2, 0.25) is 23.6 Å². The lowest BCUT2D eigenvalue weighted by atomic mass is 10.0. The van der Waals surface area contributed by atoms with Crippen LogP contribution in [0.25, 0.3) is 0 Å². The lowest BCUT2D eigenvalue weighted by Gasteiger charge is -2.28. The Hall–Kier alpha value is -5.12. The molecule has 0 unspecified atom stereocenters. The van der Waals surface area contributed by atoms with E-state index in [0.29, 0.717) is 5.69 Å². The molecule has 3 aromatic rings. The number of H-pyrrole nitrogens is 1. The van der Waals surface area contributed by atoms with Gasteiger partial charge in [-0.3, -0.25) is 24.5 Å². The number of aromatic nitrogens is 2. The van der Waals surface area contributed by atoms with Gasteiger partial charge in [-0.25, -0.2) is 9.78 Å². The summed E-state index contributed by atoms with van der Waals surface area (Å²) >= 11 is 0. The summed E-state index contributed by atoms with van der Waals surface area (Å²) in [5.41, 5.74) is 0.308. The standard InChI is InChI=1S/C32H40N6O9/c39-18-32(19-40,20-41)38-28(43)13-7-12-27(42)37-30(45)26(15-24-16-33-21-34-24)35-29(44)25(14-22-8-3-1-4-9-22)36-31(46)47-17-23-10-5-2-6-11-23/h1-6,8-11,16,21,25-26,39-41H,7,12-15,17-20H2,(H,33,34)(H,35,44)(H,36,46)(H,38,43)(H,37,42,45)/t25-,26-/m0/s1. The van der Waals surface area contributed by atoms with Crippen molar-refractivity contribution in [3.05, 3.63) is 90.0 Å². The number of carbonyl (C=O) groups excluding carboxylic acids is 5. The van der Waals surface area contributed by atoms with Gasteiger partial charge in [0.1, 0.15) is 24.2 Å². The number of rotatable bonds is 18. The Bertz CT molecular complexity index is 1430. The molecule has 0 radical (unpaired) electrons. The van der Waals surface area contributed by atoms with Crippen molar-refractivity contribution in [2.24, 2.45) is 0 Å². The molecule has 8 N–H and O–H groups in total. The van der Waals surface area contributed by atoms with Gasteiger partial charge >= 0.3 is 6.09 Å². The third-order valence-corrected chi connectivity index (χ3v) is 7.09. The fourth-order valence-corrected chi connectivity index (χ4v) is 4.38. The molecule has 0 aliphatic carbocycles. The Balaban J connectivity index is 1.64. The molecular weight excluding hydrogens is 612 g/mol. The van der Waals surface area contributed by atoms with Gasteiger partial charge < -0.3 is 41.0 Å². The third-order valence-electron chi connectivity index (χ3n) is 7.09. The number of ether oxygens (including phenoxy) is 1. The minimum Gasteiger partial charge on any atom is -0.445 e. The minimum atomic E-state index is -1.60. The van der Waals surface area contributed by atoms with E-state index >= 15 is 0 Å². The largest absolute Gasteiger partial charge is 0.445 e. The van der Waals surface area contributed by atoms with Crippen LogP contribution in [0.1, 0.15) is 36.1 Å². The second kappa shape index (κ2) is 18.8. The van der Waals surface area contributed by atoms with Crippen molar-refractivity contribution < 1.29 is 44.0 Å². The van der Waals surface area contributed by atoms with Gasteiger partial charge in [0.15, 0.2) is 0 Å². The molecule has 15 heteroatoms. The van der Waals surface area contributed by atoms with Crippen LogP contribution in [0.4, 0.5) is 4.79 Å². The summed E-state index contributed by atoms with van der Waals surface area (Å²) in [4.78, 5) is 71.1. The molecule has 1 aromatic heterocycles. The highest BCUT2D eigenvalue weighted by molar-refractivity contribution is 6.00. The molecule has 0 aliphatic heterocycles. The first-order chi connectivity index (χ1) is 22.7. The Morgan fingerprint density at radius 2 is 1.36 bits per heavy atom. The van der Waals surface area contributed by atoms with Crippen molar-refractivity contribution in [1.82, 2.24) is 31.2 Å². The second-order valence-electron chi connectivity index (χ2n) is 10.8. The fourth-order valence-electron chi connectivity index (χ4n) is 4.38. The number of alkyl carbamates (subject to hydrolysis) is 1. The van der Waals surface area contributed by atoms with Crippen molar-refractivity contribution in [1.29, 1.82) is 0 Å². The highest BCUT2D eigenvalue weighted by Gasteiger charge is 2.31.